The number of thioether (sulfide) groups is 1. The molecule has 7 heteroatoms. The van der Waals surface area contributed by atoms with Crippen molar-refractivity contribution in [3.8, 4) is 0 Å². The van der Waals surface area contributed by atoms with Crippen molar-refractivity contribution in [3.05, 3.63) is 90.5 Å². The molecule has 0 aliphatic rings. The number of oxazole rings is 1. The molecular formula is C22H18N4O2S. The van der Waals surface area contributed by atoms with E-state index < -0.39 is 5.25 Å². The van der Waals surface area contributed by atoms with Gasteiger partial charge in [0.05, 0.1) is 0 Å². The molecule has 0 aliphatic carbocycles. The predicted octanol–water partition coefficient (Wildman–Crippen LogP) is 4.42. The molecule has 0 saturated heterocycles. The summed E-state index contributed by atoms with van der Waals surface area (Å²) in [5, 5.41) is 2.17. The number of aliphatic imine (C=N–C) groups is 1. The van der Waals surface area contributed by atoms with Crippen LogP contribution in [0.15, 0.2) is 99.2 Å². The third-order valence-electron chi connectivity index (χ3n) is 4.09. The Labute approximate surface area is 171 Å². The number of aromatic nitrogens is 1. The van der Waals surface area contributed by atoms with E-state index in [9.17, 15) is 4.79 Å². The van der Waals surface area contributed by atoms with Gasteiger partial charge in [-0.15, -0.1) is 11.8 Å². The van der Waals surface area contributed by atoms with Crippen LogP contribution in [0, 0.1) is 0 Å². The zero-order valence-electron chi connectivity index (χ0n) is 15.4. The van der Waals surface area contributed by atoms with Gasteiger partial charge >= 0.3 is 6.01 Å². The summed E-state index contributed by atoms with van der Waals surface area (Å²) >= 11 is 1.44. The van der Waals surface area contributed by atoms with Crippen LogP contribution in [0.2, 0.25) is 0 Å². The summed E-state index contributed by atoms with van der Waals surface area (Å²) in [5.41, 5.74) is 8.09. The number of benzene rings is 3. The lowest BCUT2D eigenvalue weighted by Gasteiger charge is -2.16. The molecule has 1 heterocycles. The number of carbonyl (C=O) groups is 1. The largest absolute Gasteiger partial charge is 0.422 e. The van der Waals surface area contributed by atoms with Crippen LogP contribution in [0.3, 0.4) is 0 Å². The van der Waals surface area contributed by atoms with E-state index in [2.05, 4.69) is 15.3 Å². The third-order valence-corrected chi connectivity index (χ3v) is 5.35. The van der Waals surface area contributed by atoms with Crippen LogP contribution in [-0.2, 0) is 4.79 Å². The van der Waals surface area contributed by atoms with Gasteiger partial charge in [0.25, 0.3) is 0 Å². The lowest BCUT2D eigenvalue weighted by atomic mass is 10.1. The van der Waals surface area contributed by atoms with Gasteiger partial charge in [0.1, 0.15) is 10.8 Å². The number of fused-ring (bicyclic) bond motifs is 1. The van der Waals surface area contributed by atoms with Gasteiger partial charge in [-0.3, -0.25) is 10.1 Å². The summed E-state index contributed by atoms with van der Waals surface area (Å²) in [6.45, 7) is 0. The van der Waals surface area contributed by atoms with Crippen molar-refractivity contribution in [3.63, 3.8) is 0 Å². The average molecular weight is 402 g/mol. The molecule has 144 valence electrons. The Morgan fingerprint density at radius 3 is 2.34 bits per heavy atom. The lowest BCUT2D eigenvalue weighted by molar-refractivity contribution is -0.119. The highest BCUT2D eigenvalue weighted by atomic mass is 32.2. The van der Waals surface area contributed by atoms with Gasteiger partial charge in [0.15, 0.2) is 5.58 Å². The molecule has 0 aliphatic heterocycles. The van der Waals surface area contributed by atoms with Crippen LogP contribution in [0.1, 0.15) is 10.8 Å². The molecule has 0 spiro atoms. The SMILES string of the molecule is NC(=Nc1nc2ccccc2o1)NC(=O)[C@H](Sc1ccccc1)c1ccccc1. The zero-order valence-corrected chi connectivity index (χ0v) is 16.2. The number of nitrogens with one attached hydrogen (secondary N) is 1. The highest BCUT2D eigenvalue weighted by Crippen LogP contribution is 2.35. The quantitative estimate of drug-likeness (QED) is 0.293. The number of nitrogens with two attached hydrogens (primary N) is 1. The highest BCUT2D eigenvalue weighted by Gasteiger charge is 2.22. The molecule has 4 rings (SSSR count). The molecule has 6 nitrogen and oxygen atoms in total. The van der Waals surface area contributed by atoms with Gasteiger partial charge < -0.3 is 10.2 Å². The molecular weight excluding hydrogens is 384 g/mol. The monoisotopic (exact) mass is 402 g/mol. The molecule has 0 saturated carbocycles. The number of para-hydroxylation sites is 2. The molecule has 1 amide bonds. The minimum absolute atomic E-state index is 0.0730. The van der Waals surface area contributed by atoms with Gasteiger partial charge in [-0.2, -0.15) is 9.98 Å². The number of nitrogens with zero attached hydrogens (tertiary/aromatic N) is 2. The first-order valence-corrected chi connectivity index (χ1v) is 9.84. The lowest BCUT2D eigenvalue weighted by Crippen LogP contribution is -2.38. The normalized spacial score (nSPS) is 12.6. The van der Waals surface area contributed by atoms with Crippen molar-refractivity contribution < 1.29 is 9.21 Å². The maximum Gasteiger partial charge on any atom is 0.325 e. The number of carbonyl (C=O) groups excluding carboxylic acids is 1. The number of guanidine groups is 1. The van der Waals surface area contributed by atoms with Gasteiger partial charge in [-0.05, 0) is 29.8 Å². The molecule has 1 aromatic heterocycles. The molecule has 4 aromatic rings. The number of rotatable bonds is 5. The minimum atomic E-state index is -0.490. The van der Waals surface area contributed by atoms with Crippen molar-refractivity contribution in [2.24, 2.45) is 10.7 Å². The molecule has 0 fully saturated rings. The van der Waals surface area contributed by atoms with E-state index in [1.165, 1.54) is 11.8 Å². The van der Waals surface area contributed by atoms with E-state index in [0.29, 0.717) is 11.1 Å². The Morgan fingerprint density at radius 1 is 0.966 bits per heavy atom. The van der Waals surface area contributed by atoms with E-state index in [4.69, 9.17) is 10.2 Å². The second kappa shape index (κ2) is 8.62. The third kappa shape index (κ3) is 4.64. The van der Waals surface area contributed by atoms with Crippen LogP contribution in [0.25, 0.3) is 11.1 Å². The zero-order chi connectivity index (χ0) is 20.1. The first kappa shape index (κ1) is 18.8. The minimum Gasteiger partial charge on any atom is -0.422 e. The second-order valence-electron chi connectivity index (χ2n) is 6.17. The fourth-order valence-corrected chi connectivity index (χ4v) is 3.81. The Morgan fingerprint density at radius 2 is 1.62 bits per heavy atom. The maximum absolute atomic E-state index is 13.0. The first-order valence-electron chi connectivity index (χ1n) is 8.96. The van der Waals surface area contributed by atoms with E-state index >= 15 is 0 Å². The summed E-state index contributed by atoms with van der Waals surface area (Å²) in [5.74, 6) is -0.349. The molecule has 0 bridgehead atoms. The molecule has 29 heavy (non-hydrogen) atoms. The molecule has 3 N–H and O–H groups in total. The molecule has 0 unspecified atom stereocenters. The van der Waals surface area contributed by atoms with Gasteiger partial charge in [-0.1, -0.05) is 60.7 Å². The van der Waals surface area contributed by atoms with Crippen LogP contribution < -0.4 is 11.1 Å². The average Bonchev–Trinajstić information content (AvgIpc) is 3.15. The smallest absolute Gasteiger partial charge is 0.325 e. The van der Waals surface area contributed by atoms with Gasteiger partial charge in [0.2, 0.25) is 11.9 Å². The summed E-state index contributed by atoms with van der Waals surface area (Å²) < 4.78 is 5.53. The summed E-state index contributed by atoms with van der Waals surface area (Å²) in [6, 6.07) is 26.7. The summed E-state index contributed by atoms with van der Waals surface area (Å²) in [6.07, 6.45) is 0. The Bertz CT molecular complexity index is 1110. The van der Waals surface area contributed by atoms with Crippen molar-refractivity contribution in [2.75, 3.05) is 0 Å². The highest BCUT2D eigenvalue weighted by molar-refractivity contribution is 8.00. The summed E-state index contributed by atoms with van der Waals surface area (Å²) in [7, 11) is 0. The predicted molar refractivity (Wildman–Crippen MR) is 115 cm³/mol. The van der Waals surface area contributed by atoms with Crippen LogP contribution in [-0.4, -0.2) is 16.9 Å². The number of hydrogen-bond donors (Lipinski definition) is 2. The Balaban J connectivity index is 1.55. The second-order valence-corrected chi connectivity index (χ2v) is 7.35. The standard InChI is InChI=1S/C22H18N4O2S/c23-21(26-22-24-17-13-7-8-14-18(17)28-22)25-20(27)19(15-9-3-1-4-10-15)29-16-11-5-2-6-12-16/h1-14,19H,(H3,23,24,25,26,27)/t19-/m1/s1. The first-order chi connectivity index (χ1) is 14.2. The fraction of sp³-hybridized carbons (Fsp3) is 0.0455. The van der Waals surface area contributed by atoms with E-state index in [1.54, 1.807) is 6.07 Å². The van der Waals surface area contributed by atoms with Gasteiger partial charge in [-0.25, -0.2) is 0 Å². The molecule has 1 atom stereocenters. The van der Waals surface area contributed by atoms with Crippen molar-refractivity contribution in [1.29, 1.82) is 0 Å². The number of amides is 1. The van der Waals surface area contributed by atoms with E-state index in [-0.39, 0.29) is 17.9 Å². The van der Waals surface area contributed by atoms with Gasteiger partial charge in [0, 0.05) is 4.90 Å². The molecule has 0 radical (unpaired) electrons. The Hall–Kier alpha value is -3.58. The number of hydrogen-bond acceptors (Lipinski definition) is 5. The van der Waals surface area contributed by atoms with E-state index in [0.717, 1.165) is 10.5 Å². The topological polar surface area (TPSA) is 93.5 Å². The Kier molecular flexibility index (Phi) is 5.58. The van der Waals surface area contributed by atoms with Crippen LogP contribution in [0.4, 0.5) is 6.01 Å². The van der Waals surface area contributed by atoms with Crippen molar-refractivity contribution in [1.82, 2.24) is 10.3 Å². The van der Waals surface area contributed by atoms with E-state index in [1.807, 2.05) is 78.9 Å². The molecule has 3 aromatic carbocycles. The van der Waals surface area contributed by atoms with Crippen LogP contribution >= 0.6 is 11.8 Å². The maximum atomic E-state index is 13.0. The van der Waals surface area contributed by atoms with Crippen LogP contribution in [0.5, 0.6) is 0 Å². The van der Waals surface area contributed by atoms with Crippen molar-refractivity contribution >= 4 is 40.7 Å². The fourth-order valence-electron chi connectivity index (χ4n) is 2.77. The summed E-state index contributed by atoms with van der Waals surface area (Å²) in [4.78, 5) is 22.3. The van der Waals surface area contributed by atoms with Crippen molar-refractivity contribution in [2.45, 2.75) is 10.1 Å².